The van der Waals surface area contributed by atoms with Crippen molar-refractivity contribution < 1.29 is 4.74 Å². The second-order valence-electron chi connectivity index (χ2n) is 5.49. The predicted octanol–water partition coefficient (Wildman–Crippen LogP) is 4.75. The highest BCUT2D eigenvalue weighted by molar-refractivity contribution is 5.29. The monoisotopic (exact) mass is 277 g/mol. The van der Waals surface area contributed by atoms with Crippen molar-refractivity contribution in [3.63, 3.8) is 0 Å². The molecule has 0 bridgehead atoms. The van der Waals surface area contributed by atoms with Crippen LogP contribution in [0, 0.1) is 0 Å². The number of hydrogen-bond acceptors (Lipinski definition) is 2. The van der Waals surface area contributed by atoms with Crippen molar-refractivity contribution in [1.29, 1.82) is 0 Å². The first-order valence-corrected chi connectivity index (χ1v) is 8.21. The molecule has 0 amide bonds. The van der Waals surface area contributed by atoms with E-state index in [0.29, 0.717) is 5.92 Å². The van der Waals surface area contributed by atoms with Gasteiger partial charge in [0.05, 0.1) is 6.61 Å². The van der Waals surface area contributed by atoms with E-state index in [4.69, 9.17) is 4.74 Å². The highest BCUT2D eigenvalue weighted by Crippen LogP contribution is 2.21. The predicted molar refractivity (Wildman–Crippen MR) is 87.7 cm³/mol. The van der Waals surface area contributed by atoms with Crippen molar-refractivity contribution in [2.24, 2.45) is 0 Å². The van der Waals surface area contributed by atoms with E-state index in [1.165, 1.54) is 31.2 Å². The molecule has 1 aromatic rings. The second-order valence-corrected chi connectivity index (χ2v) is 5.49. The van der Waals surface area contributed by atoms with Gasteiger partial charge < -0.3 is 10.1 Å². The summed E-state index contributed by atoms with van der Waals surface area (Å²) in [5.74, 6) is 1.64. The Hall–Kier alpha value is -1.02. The quantitative estimate of drug-likeness (QED) is 0.589. The molecule has 0 heterocycles. The number of benzene rings is 1. The lowest BCUT2D eigenvalue weighted by Gasteiger charge is -2.10. The highest BCUT2D eigenvalue weighted by Gasteiger charge is 2.02. The van der Waals surface area contributed by atoms with Crippen LogP contribution >= 0.6 is 0 Å². The molecule has 0 aromatic heterocycles. The van der Waals surface area contributed by atoms with Crippen LogP contribution in [0.1, 0.15) is 64.4 Å². The first-order valence-electron chi connectivity index (χ1n) is 8.21. The fourth-order valence-electron chi connectivity index (χ4n) is 2.20. The zero-order chi connectivity index (χ0) is 14.6. The average molecular weight is 277 g/mol. The van der Waals surface area contributed by atoms with E-state index in [1.807, 2.05) is 0 Å². The summed E-state index contributed by atoms with van der Waals surface area (Å²) in [6.07, 6.45) is 6.17. The Morgan fingerprint density at radius 3 is 2.35 bits per heavy atom. The molecular weight excluding hydrogens is 246 g/mol. The molecule has 1 rings (SSSR count). The minimum absolute atomic E-state index is 0.640. The normalized spacial score (nSPS) is 12.3. The van der Waals surface area contributed by atoms with Gasteiger partial charge in [0.25, 0.3) is 0 Å². The van der Waals surface area contributed by atoms with E-state index < -0.39 is 0 Å². The number of nitrogens with one attached hydrogen (secondary N) is 1. The molecule has 1 aromatic carbocycles. The Morgan fingerprint density at radius 1 is 1.00 bits per heavy atom. The van der Waals surface area contributed by atoms with E-state index >= 15 is 0 Å². The van der Waals surface area contributed by atoms with Gasteiger partial charge in [-0.3, -0.25) is 0 Å². The third kappa shape index (κ3) is 6.95. The number of rotatable bonds is 11. The zero-order valence-corrected chi connectivity index (χ0v) is 13.5. The third-order valence-corrected chi connectivity index (χ3v) is 3.83. The lowest BCUT2D eigenvalue weighted by molar-refractivity contribution is 0.304. The summed E-state index contributed by atoms with van der Waals surface area (Å²) in [6.45, 7) is 9.71. The standard InChI is InChI=1S/C18H31NO/c1-4-16(3)17-10-12-18(13-11-17)20-15-9-7-6-8-14-19-5-2/h10-13,16,19H,4-9,14-15H2,1-3H3. The van der Waals surface area contributed by atoms with E-state index in [9.17, 15) is 0 Å². The molecule has 114 valence electrons. The van der Waals surface area contributed by atoms with Gasteiger partial charge in [-0.1, -0.05) is 45.7 Å². The Bertz CT molecular complexity index is 334. The van der Waals surface area contributed by atoms with Gasteiger partial charge in [-0.05, 0) is 56.0 Å². The maximum absolute atomic E-state index is 5.79. The fraction of sp³-hybridized carbons (Fsp3) is 0.667. The summed E-state index contributed by atoms with van der Waals surface area (Å²) in [5, 5.41) is 3.35. The van der Waals surface area contributed by atoms with Crippen LogP contribution in [0.25, 0.3) is 0 Å². The number of ether oxygens (including phenoxy) is 1. The Labute approximate surface area is 124 Å². The average Bonchev–Trinajstić information content (AvgIpc) is 2.50. The van der Waals surface area contributed by atoms with E-state index in [1.54, 1.807) is 0 Å². The van der Waals surface area contributed by atoms with Crippen LogP contribution in [0.5, 0.6) is 5.75 Å². The largest absolute Gasteiger partial charge is 0.494 e. The van der Waals surface area contributed by atoms with Crippen LogP contribution in [0.15, 0.2) is 24.3 Å². The van der Waals surface area contributed by atoms with Crippen molar-refractivity contribution in [3.8, 4) is 5.75 Å². The lowest BCUT2D eigenvalue weighted by Crippen LogP contribution is -2.13. The van der Waals surface area contributed by atoms with Gasteiger partial charge in [0.1, 0.15) is 5.75 Å². The first kappa shape index (κ1) is 17.0. The van der Waals surface area contributed by atoms with Gasteiger partial charge in [0.2, 0.25) is 0 Å². The summed E-state index contributed by atoms with van der Waals surface area (Å²) in [7, 11) is 0. The van der Waals surface area contributed by atoms with Gasteiger partial charge in [0.15, 0.2) is 0 Å². The van der Waals surface area contributed by atoms with Gasteiger partial charge in [-0.2, -0.15) is 0 Å². The van der Waals surface area contributed by atoms with Crippen LogP contribution in [-0.2, 0) is 0 Å². The van der Waals surface area contributed by atoms with E-state index in [-0.39, 0.29) is 0 Å². The van der Waals surface area contributed by atoms with Gasteiger partial charge in [0, 0.05) is 0 Å². The van der Waals surface area contributed by atoms with Crippen molar-refractivity contribution in [1.82, 2.24) is 5.32 Å². The molecule has 1 atom stereocenters. The van der Waals surface area contributed by atoms with Crippen LogP contribution in [-0.4, -0.2) is 19.7 Å². The molecule has 0 aliphatic rings. The van der Waals surface area contributed by atoms with Gasteiger partial charge >= 0.3 is 0 Å². The maximum atomic E-state index is 5.79. The van der Waals surface area contributed by atoms with Crippen LogP contribution in [0.2, 0.25) is 0 Å². The van der Waals surface area contributed by atoms with E-state index in [0.717, 1.165) is 31.9 Å². The van der Waals surface area contributed by atoms with Crippen LogP contribution < -0.4 is 10.1 Å². The highest BCUT2D eigenvalue weighted by atomic mass is 16.5. The molecule has 0 fully saturated rings. The summed E-state index contributed by atoms with van der Waals surface area (Å²) in [5.41, 5.74) is 1.41. The summed E-state index contributed by atoms with van der Waals surface area (Å²) < 4.78 is 5.79. The molecule has 0 saturated heterocycles. The van der Waals surface area contributed by atoms with Crippen molar-refractivity contribution >= 4 is 0 Å². The van der Waals surface area contributed by atoms with Gasteiger partial charge in [-0.15, -0.1) is 0 Å². The molecule has 0 spiro atoms. The zero-order valence-electron chi connectivity index (χ0n) is 13.5. The molecule has 0 saturated carbocycles. The molecule has 1 unspecified atom stereocenters. The third-order valence-electron chi connectivity index (χ3n) is 3.83. The van der Waals surface area contributed by atoms with Crippen LogP contribution in [0.4, 0.5) is 0 Å². The molecule has 0 radical (unpaired) electrons. The minimum atomic E-state index is 0.640. The molecular formula is C18H31NO. The number of hydrogen-bond donors (Lipinski definition) is 1. The summed E-state index contributed by atoms with van der Waals surface area (Å²) in [6, 6.07) is 8.60. The summed E-state index contributed by atoms with van der Waals surface area (Å²) >= 11 is 0. The second kappa shape index (κ2) is 10.7. The molecule has 0 aliphatic heterocycles. The Balaban J connectivity index is 2.10. The fourth-order valence-corrected chi connectivity index (χ4v) is 2.20. The number of unbranched alkanes of at least 4 members (excludes halogenated alkanes) is 3. The Kier molecular flexibility index (Phi) is 9.14. The molecule has 20 heavy (non-hydrogen) atoms. The first-order chi connectivity index (χ1) is 9.77. The van der Waals surface area contributed by atoms with Crippen molar-refractivity contribution in [2.45, 2.75) is 58.8 Å². The van der Waals surface area contributed by atoms with E-state index in [2.05, 4.69) is 50.4 Å². The lowest BCUT2D eigenvalue weighted by atomic mass is 9.99. The van der Waals surface area contributed by atoms with Crippen molar-refractivity contribution in [2.75, 3.05) is 19.7 Å². The topological polar surface area (TPSA) is 21.3 Å². The SMILES string of the molecule is CCNCCCCCCOc1ccc(C(C)CC)cc1. The minimum Gasteiger partial charge on any atom is -0.494 e. The summed E-state index contributed by atoms with van der Waals surface area (Å²) in [4.78, 5) is 0. The molecule has 0 aliphatic carbocycles. The Morgan fingerprint density at radius 2 is 1.70 bits per heavy atom. The smallest absolute Gasteiger partial charge is 0.119 e. The maximum Gasteiger partial charge on any atom is 0.119 e. The van der Waals surface area contributed by atoms with Crippen LogP contribution in [0.3, 0.4) is 0 Å². The van der Waals surface area contributed by atoms with Gasteiger partial charge in [-0.25, -0.2) is 0 Å². The molecule has 2 nitrogen and oxygen atoms in total. The molecule has 2 heteroatoms. The molecule has 1 N–H and O–H groups in total. The van der Waals surface area contributed by atoms with Crippen molar-refractivity contribution in [3.05, 3.63) is 29.8 Å².